The number of nitrogens with zero attached hydrogens (tertiary/aromatic N) is 1. The van der Waals surface area contributed by atoms with E-state index in [1.54, 1.807) is 36.4 Å². The Morgan fingerprint density at radius 1 is 1.38 bits per heavy atom. The van der Waals surface area contributed by atoms with Gasteiger partial charge in [-0.3, -0.25) is 9.59 Å². The van der Waals surface area contributed by atoms with Crippen molar-refractivity contribution in [3.8, 4) is 6.07 Å². The molecule has 0 radical (unpaired) electrons. The fourth-order valence-corrected chi connectivity index (χ4v) is 3.61. The third kappa shape index (κ3) is 4.10. The van der Waals surface area contributed by atoms with Crippen LogP contribution in [0.1, 0.15) is 18.1 Å². The number of hydrogen-bond donors (Lipinski definition) is 2. The van der Waals surface area contributed by atoms with Gasteiger partial charge < -0.3 is 15.1 Å². The van der Waals surface area contributed by atoms with Crippen molar-refractivity contribution in [3.05, 3.63) is 64.0 Å². The average molecular weight is 388 g/mol. The molecule has 1 aromatic heterocycles. The minimum absolute atomic E-state index is 0.0247. The maximum absolute atomic E-state index is 12.2. The fraction of sp³-hybridized carbons (Fsp3) is 0.167. The molecule has 1 aliphatic rings. The van der Waals surface area contributed by atoms with Gasteiger partial charge in [-0.1, -0.05) is 35.5 Å². The fourth-order valence-electron chi connectivity index (χ4n) is 2.55. The monoisotopic (exact) mass is 387 g/mol. The number of carbonyl (C=O) groups excluding carboxylic acids is 2. The standard InChI is InChI=1S/C18H14ClN3O3S/c19-13-4-1-2-5-14(13)21-17(24)10-26-18-12(9-20)11(8-16(23)22-18)15-6-3-7-25-15/h1-7,11H,8,10H2,(H,21,24)(H,22,23)/t11-/m1/s1. The van der Waals surface area contributed by atoms with Crippen molar-refractivity contribution >= 4 is 40.9 Å². The molecule has 0 fully saturated rings. The van der Waals surface area contributed by atoms with E-state index in [4.69, 9.17) is 16.0 Å². The third-order valence-corrected chi connectivity index (χ3v) is 5.08. The van der Waals surface area contributed by atoms with E-state index < -0.39 is 5.92 Å². The summed E-state index contributed by atoms with van der Waals surface area (Å²) in [7, 11) is 0. The lowest BCUT2D eigenvalue weighted by molar-refractivity contribution is -0.121. The highest BCUT2D eigenvalue weighted by Gasteiger charge is 2.31. The Labute approximate surface area is 159 Å². The van der Waals surface area contributed by atoms with Gasteiger partial charge in [0.25, 0.3) is 0 Å². The quantitative estimate of drug-likeness (QED) is 0.816. The van der Waals surface area contributed by atoms with Crippen LogP contribution >= 0.6 is 23.4 Å². The van der Waals surface area contributed by atoms with E-state index in [-0.39, 0.29) is 24.0 Å². The first-order chi connectivity index (χ1) is 12.6. The second-order valence-corrected chi connectivity index (χ2v) is 6.88. The van der Waals surface area contributed by atoms with Gasteiger partial charge in [0.05, 0.1) is 45.3 Å². The SMILES string of the molecule is N#CC1=C(SCC(=O)Nc2ccccc2Cl)NC(=O)C[C@H]1c1ccco1. The Morgan fingerprint density at radius 3 is 2.88 bits per heavy atom. The summed E-state index contributed by atoms with van der Waals surface area (Å²) < 4.78 is 5.35. The molecular weight excluding hydrogens is 374 g/mol. The maximum Gasteiger partial charge on any atom is 0.234 e. The number of hydrogen-bond acceptors (Lipinski definition) is 5. The molecule has 132 valence electrons. The number of carbonyl (C=O) groups is 2. The number of para-hydroxylation sites is 1. The molecule has 0 aliphatic carbocycles. The van der Waals surface area contributed by atoms with E-state index in [1.807, 2.05) is 0 Å². The normalized spacial score (nSPS) is 16.8. The highest BCUT2D eigenvalue weighted by atomic mass is 35.5. The Balaban J connectivity index is 1.72. The van der Waals surface area contributed by atoms with Crippen molar-refractivity contribution < 1.29 is 14.0 Å². The summed E-state index contributed by atoms with van der Waals surface area (Å²) in [5.41, 5.74) is 0.894. The van der Waals surface area contributed by atoms with Gasteiger partial charge in [-0.15, -0.1) is 0 Å². The molecule has 6 nitrogen and oxygen atoms in total. The molecule has 1 atom stereocenters. The molecule has 0 spiro atoms. The van der Waals surface area contributed by atoms with Crippen LogP contribution < -0.4 is 10.6 Å². The zero-order valence-electron chi connectivity index (χ0n) is 13.5. The third-order valence-electron chi connectivity index (χ3n) is 3.74. The second kappa shape index (κ2) is 8.13. The number of halogens is 1. The first kappa shape index (κ1) is 18.1. The van der Waals surface area contributed by atoms with E-state index in [2.05, 4.69) is 16.7 Å². The molecule has 0 bridgehead atoms. The topological polar surface area (TPSA) is 95.1 Å². The van der Waals surface area contributed by atoms with Gasteiger partial charge in [-0.05, 0) is 24.3 Å². The Bertz CT molecular complexity index is 903. The van der Waals surface area contributed by atoms with Crippen LogP contribution in [0, 0.1) is 11.3 Å². The number of rotatable bonds is 5. The number of anilines is 1. The van der Waals surface area contributed by atoms with Crippen LogP contribution in [0.4, 0.5) is 5.69 Å². The van der Waals surface area contributed by atoms with Crippen LogP contribution in [0.15, 0.2) is 57.7 Å². The summed E-state index contributed by atoms with van der Waals surface area (Å²) in [6, 6.07) is 12.5. The van der Waals surface area contributed by atoms with Crippen LogP contribution in [-0.2, 0) is 9.59 Å². The first-order valence-electron chi connectivity index (χ1n) is 7.73. The summed E-state index contributed by atoms with van der Waals surface area (Å²) >= 11 is 7.11. The summed E-state index contributed by atoms with van der Waals surface area (Å²) in [6.45, 7) is 0. The average Bonchev–Trinajstić information content (AvgIpc) is 3.16. The van der Waals surface area contributed by atoms with Gasteiger partial charge in [-0.2, -0.15) is 5.26 Å². The van der Waals surface area contributed by atoms with Gasteiger partial charge in [0.1, 0.15) is 5.76 Å². The lowest BCUT2D eigenvalue weighted by Crippen LogP contribution is -2.31. The Kier molecular flexibility index (Phi) is 5.66. The van der Waals surface area contributed by atoms with E-state index in [0.29, 0.717) is 27.1 Å². The zero-order valence-corrected chi connectivity index (χ0v) is 15.1. The van der Waals surface area contributed by atoms with Gasteiger partial charge >= 0.3 is 0 Å². The predicted octanol–water partition coefficient (Wildman–Crippen LogP) is 3.64. The maximum atomic E-state index is 12.2. The molecule has 2 heterocycles. The second-order valence-electron chi connectivity index (χ2n) is 5.49. The molecule has 0 saturated carbocycles. The van der Waals surface area contributed by atoms with Crippen LogP contribution in [0.25, 0.3) is 0 Å². The molecule has 0 saturated heterocycles. The van der Waals surface area contributed by atoms with Gasteiger partial charge in [0.2, 0.25) is 11.8 Å². The Morgan fingerprint density at radius 2 is 2.19 bits per heavy atom. The molecule has 2 amide bonds. The van der Waals surface area contributed by atoms with Gasteiger partial charge in [-0.25, -0.2) is 0 Å². The number of allylic oxidation sites excluding steroid dienone is 1. The van der Waals surface area contributed by atoms with E-state index in [0.717, 1.165) is 11.8 Å². The minimum Gasteiger partial charge on any atom is -0.469 e. The van der Waals surface area contributed by atoms with Crippen LogP contribution in [0.2, 0.25) is 5.02 Å². The number of amides is 2. The number of benzene rings is 1. The molecule has 26 heavy (non-hydrogen) atoms. The van der Waals surface area contributed by atoms with Crippen molar-refractivity contribution in [1.82, 2.24) is 5.32 Å². The van der Waals surface area contributed by atoms with Crippen molar-refractivity contribution in [2.75, 3.05) is 11.1 Å². The lowest BCUT2D eigenvalue weighted by Gasteiger charge is -2.23. The van der Waals surface area contributed by atoms with Crippen molar-refractivity contribution in [2.24, 2.45) is 0 Å². The first-order valence-corrected chi connectivity index (χ1v) is 9.09. The predicted molar refractivity (Wildman–Crippen MR) is 99.4 cm³/mol. The van der Waals surface area contributed by atoms with Crippen molar-refractivity contribution in [1.29, 1.82) is 5.26 Å². The highest BCUT2D eigenvalue weighted by molar-refractivity contribution is 8.03. The van der Waals surface area contributed by atoms with Crippen molar-refractivity contribution in [3.63, 3.8) is 0 Å². The summed E-state index contributed by atoms with van der Waals surface area (Å²) in [5.74, 6) is -0.383. The number of furan rings is 1. The van der Waals surface area contributed by atoms with E-state index in [9.17, 15) is 14.9 Å². The smallest absolute Gasteiger partial charge is 0.234 e. The molecule has 3 rings (SSSR count). The number of nitriles is 1. The molecule has 2 aromatic rings. The molecule has 8 heteroatoms. The lowest BCUT2D eigenvalue weighted by atomic mass is 9.92. The molecular formula is C18H14ClN3O3S. The number of nitrogens with one attached hydrogen (secondary N) is 2. The van der Waals surface area contributed by atoms with Crippen LogP contribution in [0.3, 0.4) is 0 Å². The zero-order chi connectivity index (χ0) is 18.5. The van der Waals surface area contributed by atoms with Crippen LogP contribution in [-0.4, -0.2) is 17.6 Å². The summed E-state index contributed by atoms with van der Waals surface area (Å²) in [6.07, 6.45) is 1.63. The number of thioether (sulfide) groups is 1. The van der Waals surface area contributed by atoms with E-state index >= 15 is 0 Å². The van der Waals surface area contributed by atoms with Gasteiger partial charge in [0, 0.05) is 6.42 Å². The van der Waals surface area contributed by atoms with E-state index in [1.165, 1.54) is 6.26 Å². The summed E-state index contributed by atoms with van der Waals surface area (Å²) in [5, 5.41) is 15.7. The van der Waals surface area contributed by atoms with Crippen LogP contribution in [0.5, 0.6) is 0 Å². The Hall–Kier alpha value is -2.69. The van der Waals surface area contributed by atoms with Crippen molar-refractivity contribution in [2.45, 2.75) is 12.3 Å². The molecule has 1 aliphatic heterocycles. The largest absolute Gasteiger partial charge is 0.469 e. The van der Waals surface area contributed by atoms with Gasteiger partial charge in [0.15, 0.2) is 0 Å². The molecule has 0 unspecified atom stereocenters. The molecule has 2 N–H and O–H groups in total. The minimum atomic E-state index is -0.446. The highest BCUT2D eigenvalue weighted by Crippen LogP contribution is 2.36. The molecule has 1 aromatic carbocycles. The summed E-state index contributed by atoms with van der Waals surface area (Å²) in [4.78, 5) is 24.2.